The Bertz CT molecular complexity index is 567. The third-order valence-corrected chi connectivity index (χ3v) is 3.55. The number of halogens is 1. The molecule has 2 aromatic rings. The smallest absolute Gasteiger partial charge is 0.161 e. The van der Waals surface area contributed by atoms with Crippen LogP contribution in [0.25, 0.3) is 0 Å². The van der Waals surface area contributed by atoms with E-state index in [1.807, 2.05) is 49.4 Å². The van der Waals surface area contributed by atoms with Gasteiger partial charge in [-0.15, -0.1) is 0 Å². The summed E-state index contributed by atoms with van der Waals surface area (Å²) < 4.78 is 12.2. The first-order chi connectivity index (χ1) is 9.60. The second kappa shape index (κ2) is 6.77. The van der Waals surface area contributed by atoms with Crippen LogP contribution in [-0.2, 0) is 6.61 Å². The highest BCUT2D eigenvalue weighted by molar-refractivity contribution is 9.10. The summed E-state index contributed by atoms with van der Waals surface area (Å²) in [5, 5.41) is 0. The lowest BCUT2D eigenvalue weighted by Gasteiger charge is -2.13. The summed E-state index contributed by atoms with van der Waals surface area (Å²) in [6.07, 6.45) is 0. The van der Waals surface area contributed by atoms with Crippen molar-refractivity contribution in [3.05, 3.63) is 58.1 Å². The van der Waals surface area contributed by atoms with E-state index in [0.29, 0.717) is 12.4 Å². The van der Waals surface area contributed by atoms with Gasteiger partial charge in [0.2, 0.25) is 0 Å². The van der Waals surface area contributed by atoms with Crippen LogP contribution in [0.3, 0.4) is 0 Å². The molecule has 1 atom stereocenters. The lowest BCUT2D eigenvalue weighted by molar-refractivity contribution is 0.284. The Morgan fingerprint density at radius 2 is 1.80 bits per heavy atom. The average molecular weight is 336 g/mol. The van der Waals surface area contributed by atoms with E-state index in [-0.39, 0.29) is 6.04 Å². The first kappa shape index (κ1) is 14.9. The van der Waals surface area contributed by atoms with Crippen LogP contribution in [0.4, 0.5) is 0 Å². The topological polar surface area (TPSA) is 44.5 Å². The van der Waals surface area contributed by atoms with Gasteiger partial charge in [0.25, 0.3) is 0 Å². The van der Waals surface area contributed by atoms with Gasteiger partial charge in [0.05, 0.1) is 7.11 Å². The predicted octanol–water partition coefficient (Wildman–Crippen LogP) is 4.06. The third-order valence-electron chi connectivity index (χ3n) is 3.02. The molecule has 0 amide bonds. The highest BCUT2D eigenvalue weighted by Crippen LogP contribution is 2.30. The van der Waals surface area contributed by atoms with E-state index < -0.39 is 0 Å². The summed E-state index contributed by atoms with van der Waals surface area (Å²) >= 11 is 3.41. The molecule has 0 bridgehead atoms. The quantitative estimate of drug-likeness (QED) is 0.896. The van der Waals surface area contributed by atoms with Crippen molar-refractivity contribution in [2.24, 2.45) is 5.73 Å². The van der Waals surface area contributed by atoms with E-state index in [9.17, 15) is 0 Å². The SMILES string of the molecule is COc1cc([C@H](C)N)ccc1OCc1ccc(Br)cc1. The molecule has 0 aliphatic carbocycles. The Kier molecular flexibility index (Phi) is 5.04. The van der Waals surface area contributed by atoms with Gasteiger partial charge in [-0.25, -0.2) is 0 Å². The third kappa shape index (κ3) is 3.74. The molecule has 0 aliphatic rings. The maximum Gasteiger partial charge on any atom is 0.161 e. The fourth-order valence-electron chi connectivity index (χ4n) is 1.83. The molecule has 2 rings (SSSR count). The summed E-state index contributed by atoms with van der Waals surface area (Å²) in [5.41, 5.74) is 7.99. The number of nitrogens with two attached hydrogens (primary N) is 1. The fourth-order valence-corrected chi connectivity index (χ4v) is 2.09. The lowest BCUT2D eigenvalue weighted by Crippen LogP contribution is -2.05. The van der Waals surface area contributed by atoms with E-state index in [1.165, 1.54) is 0 Å². The van der Waals surface area contributed by atoms with E-state index in [1.54, 1.807) is 7.11 Å². The molecule has 3 nitrogen and oxygen atoms in total. The number of methoxy groups -OCH3 is 1. The normalized spacial score (nSPS) is 12.0. The first-order valence-electron chi connectivity index (χ1n) is 6.41. The van der Waals surface area contributed by atoms with Crippen molar-refractivity contribution in [1.82, 2.24) is 0 Å². The maximum absolute atomic E-state index is 5.87. The van der Waals surface area contributed by atoms with Gasteiger partial charge >= 0.3 is 0 Å². The van der Waals surface area contributed by atoms with Crippen LogP contribution in [0.2, 0.25) is 0 Å². The largest absolute Gasteiger partial charge is 0.493 e. The molecule has 0 saturated carbocycles. The van der Waals surface area contributed by atoms with Gasteiger partial charge in [-0.1, -0.05) is 34.1 Å². The van der Waals surface area contributed by atoms with Crippen molar-refractivity contribution in [1.29, 1.82) is 0 Å². The van der Waals surface area contributed by atoms with Crippen LogP contribution in [-0.4, -0.2) is 7.11 Å². The van der Waals surface area contributed by atoms with Crippen LogP contribution in [0.15, 0.2) is 46.9 Å². The molecular formula is C16H18BrNO2. The summed E-state index contributed by atoms with van der Waals surface area (Å²) in [6, 6.07) is 13.8. The van der Waals surface area contributed by atoms with Crippen LogP contribution < -0.4 is 15.2 Å². The zero-order chi connectivity index (χ0) is 14.5. The van der Waals surface area contributed by atoms with E-state index in [4.69, 9.17) is 15.2 Å². The molecule has 0 fully saturated rings. The molecule has 106 valence electrons. The molecule has 0 aliphatic heterocycles. The maximum atomic E-state index is 5.87. The number of benzene rings is 2. The van der Waals surface area contributed by atoms with E-state index >= 15 is 0 Å². The summed E-state index contributed by atoms with van der Waals surface area (Å²) in [4.78, 5) is 0. The van der Waals surface area contributed by atoms with Gasteiger partial charge in [-0.3, -0.25) is 0 Å². The van der Waals surface area contributed by atoms with Gasteiger partial charge in [0.15, 0.2) is 11.5 Å². The molecule has 2 aromatic carbocycles. The Balaban J connectivity index is 2.10. The number of hydrogen-bond acceptors (Lipinski definition) is 3. The van der Waals surface area contributed by atoms with Crippen molar-refractivity contribution < 1.29 is 9.47 Å². The summed E-state index contributed by atoms with van der Waals surface area (Å²) in [7, 11) is 1.63. The minimum absolute atomic E-state index is 0.0237. The fraction of sp³-hybridized carbons (Fsp3) is 0.250. The zero-order valence-corrected chi connectivity index (χ0v) is 13.2. The highest BCUT2D eigenvalue weighted by Gasteiger charge is 2.08. The molecule has 2 N–H and O–H groups in total. The molecular weight excluding hydrogens is 318 g/mol. The van der Waals surface area contributed by atoms with Crippen LogP contribution in [0.5, 0.6) is 11.5 Å². The number of ether oxygens (including phenoxy) is 2. The summed E-state index contributed by atoms with van der Waals surface area (Å²) in [6.45, 7) is 2.44. The van der Waals surface area contributed by atoms with Gasteiger partial charge < -0.3 is 15.2 Å². The second-order valence-electron chi connectivity index (χ2n) is 4.61. The van der Waals surface area contributed by atoms with Crippen molar-refractivity contribution in [3.8, 4) is 11.5 Å². The summed E-state index contributed by atoms with van der Waals surface area (Å²) in [5.74, 6) is 1.43. The molecule has 4 heteroatoms. The molecule has 20 heavy (non-hydrogen) atoms. The van der Waals surface area contributed by atoms with Gasteiger partial charge in [0.1, 0.15) is 6.61 Å². The number of hydrogen-bond donors (Lipinski definition) is 1. The molecule has 0 radical (unpaired) electrons. The molecule has 0 spiro atoms. The Morgan fingerprint density at radius 1 is 1.10 bits per heavy atom. The van der Waals surface area contributed by atoms with E-state index in [2.05, 4.69) is 15.9 Å². The van der Waals surface area contributed by atoms with Crippen LogP contribution in [0.1, 0.15) is 24.1 Å². The highest BCUT2D eigenvalue weighted by atomic mass is 79.9. The Hall–Kier alpha value is -1.52. The monoisotopic (exact) mass is 335 g/mol. The van der Waals surface area contributed by atoms with Gasteiger partial charge in [-0.05, 0) is 42.3 Å². The Labute approximate surface area is 127 Å². The van der Waals surface area contributed by atoms with E-state index in [0.717, 1.165) is 21.3 Å². The van der Waals surface area contributed by atoms with Crippen molar-refractivity contribution >= 4 is 15.9 Å². The predicted molar refractivity (Wildman–Crippen MR) is 84.1 cm³/mol. The van der Waals surface area contributed by atoms with Crippen molar-refractivity contribution in [3.63, 3.8) is 0 Å². The minimum atomic E-state index is -0.0237. The second-order valence-corrected chi connectivity index (χ2v) is 5.53. The molecule has 0 unspecified atom stereocenters. The molecule has 0 aromatic heterocycles. The first-order valence-corrected chi connectivity index (χ1v) is 7.20. The molecule has 0 heterocycles. The van der Waals surface area contributed by atoms with Crippen LogP contribution in [0, 0.1) is 0 Å². The van der Waals surface area contributed by atoms with Crippen molar-refractivity contribution in [2.75, 3.05) is 7.11 Å². The van der Waals surface area contributed by atoms with Crippen molar-refractivity contribution in [2.45, 2.75) is 19.6 Å². The number of rotatable bonds is 5. The van der Waals surface area contributed by atoms with Gasteiger partial charge in [0, 0.05) is 10.5 Å². The van der Waals surface area contributed by atoms with Crippen LogP contribution >= 0.6 is 15.9 Å². The van der Waals surface area contributed by atoms with Gasteiger partial charge in [-0.2, -0.15) is 0 Å². The zero-order valence-electron chi connectivity index (χ0n) is 11.6. The minimum Gasteiger partial charge on any atom is -0.493 e. The Morgan fingerprint density at radius 3 is 2.40 bits per heavy atom. The lowest BCUT2D eigenvalue weighted by atomic mass is 10.1. The molecule has 0 saturated heterocycles. The standard InChI is InChI=1S/C16H18BrNO2/c1-11(18)13-5-8-15(16(9-13)19-2)20-10-12-3-6-14(17)7-4-12/h3-9,11H,10,18H2,1-2H3/t11-/m0/s1. The average Bonchev–Trinajstić information content (AvgIpc) is 2.46.